The first kappa shape index (κ1) is 10.9. The van der Waals surface area contributed by atoms with E-state index in [0.29, 0.717) is 5.69 Å². The summed E-state index contributed by atoms with van der Waals surface area (Å²) in [6.07, 6.45) is 1.36. The zero-order valence-electron chi connectivity index (χ0n) is 8.53. The summed E-state index contributed by atoms with van der Waals surface area (Å²) in [4.78, 5) is 11.7. The lowest BCUT2D eigenvalue weighted by molar-refractivity contribution is 0.101. The molecule has 0 fully saturated rings. The maximum absolute atomic E-state index is 11.7. The van der Waals surface area contributed by atoms with Gasteiger partial charge in [-0.25, -0.2) is 0 Å². The first-order chi connectivity index (χ1) is 7.66. The topological polar surface area (TPSA) is 55.1 Å². The fourth-order valence-corrected chi connectivity index (χ4v) is 1.60. The highest BCUT2D eigenvalue weighted by molar-refractivity contribution is 9.10. The van der Waals surface area contributed by atoms with E-state index in [0.717, 1.165) is 10.0 Å². The summed E-state index contributed by atoms with van der Waals surface area (Å²) in [6.45, 7) is 1.96. The van der Waals surface area contributed by atoms with Gasteiger partial charge in [-0.1, -0.05) is 11.2 Å². The highest BCUT2D eigenvalue weighted by atomic mass is 79.9. The summed E-state index contributed by atoms with van der Waals surface area (Å²) in [5.41, 5.74) is 2.04. The van der Waals surface area contributed by atoms with Crippen molar-refractivity contribution < 1.29 is 9.32 Å². The second kappa shape index (κ2) is 4.49. The van der Waals surface area contributed by atoms with Crippen LogP contribution in [0.5, 0.6) is 0 Å². The maximum atomic E-state index is 11.7. The molecule has 0 bridgehead atoms. The van der Waals surface area contributed by atoms with Crippen LogP contribution in [0.2, 0.25) is 0 Å². The normalized spacial score (nSPS) is 10.1. The lowest BCUT2D eigenvalue weighted by Gasteiger charge is -2.06. The maximum Gasteiger partial charge on any atom is 0.277 e. The van der Waals surface area contributed by atoms with Crippen molar-refractivity contribution in [2.45, 2.75) is 6.92 Å². The molecule has 2 rings (SSSR count). The van der Waals surface area contributed by atoms with Gasteiger partial charge in [-0.2, -0.15) is 0 Å². The van der Waals surface area contributed by atoms with Crippen molar-refractivity contribution >= 4 is 27.5 Å². The van der Waals surface area contributed by atoms with Gasteiger partial charge in [-0.3, -0.25) is 4.79 Å². The summed E-state index contributed by atoms with van der Waals surface area (Å²) in [6, 6.07) is 7.23. The monoisotopic (exact) mass is 280 g/mol. The van der Waals surface area contributed by atoms with Gasteiger partial charge in [0.05, 0.1) is 5.69 Å². The first-order valence-electron chi connectivity index (χ1n) is 4.65. The smallest absolute Gasteiger partial charge is 0.277 e. The SMILES string of the molecule is Cc1ccc(Br)c(NC(=O)c2ccon2)c1. The van der Waals surface area contributed by atoms with Crippen LogP contribution in [0.4, 0.5) is 5.69 Å². The van der Waals surface area contributed by atoms with Gasteiger partial charge >= 0.3 is 0 Å². The molecular formula is C11H9BrN2O2. The molecule has 0 saturated heterocycles. The van der Waals surface area contributed by atoms with Crippen molar-refractivity contribution in [3.63, 3.8) is 0 Å². The average molecular weight is 281 g/mol. The van der Waals surface area contributed by atoms with Crippen molar-refractivity contribution in [3.05, 3.63) is 46.3 Å². The summed E-state index contributed by atoms with van der Waals surface area (Å²) in [7, 11) is 0. The Labute approximate surface area is 101 Å². The van der Waals surface area contributed by atoms with E-state index in [2.05, 4.69) is 30.9 Å². The quantitative estimate of drug-likeness (QED) is 0.920. The highest BCUT2D eigenvalue weighted by Crippen LogP contribution is 2.23. The predicted molar refractivity (Wildman–Crippen MR) is 63.3 cm³/mol. The minimum absolute atomic E-state index is 0.258. The lowest BCUT2D eigenvalue weighted by atomic mass is 10.2. The van der Waals surface area contributed by atoms with E-state index >= 15 is 0 Å². The number of hydrogen-bond donors (Lipinski definition) is 1. The number of aromatic nitrogens is 1. The van der Waals surface area contributed by atoms with E-state index < -0.39 is 0 Å². The molecule has 0 radical (unpaired) electrons. The molecule has 82 valence electrons. The Balaban J connectivity index is 2.21. The van der Waals surface area contributed by atoms with Crippen molar-refractivity contribution in [2.24, 2.45) is 0 Å². The molecule has 1 heterocycles. The van der Waals surface area contributed by atoms with Crippen molar-refractivity contribution in [1.29, 1.82) is 0 Å². The number of nitrogens with one attached hydrogen (secondary N) is 1. The zero-order valence-corrected chi connectivity index (χ0v) is 10.1. The largest absolute Gasteiger partial charge is 0.364 e. The van der Waals surface area contributed by atoms with Gasteiger partial charge in [0.25, 0.3) is 5.91 Å². The van der Waals surface area contributed by atoms with Crippen molar-refractivity contribution in [3.8, 4) is 0 Å². The Kier molecular flexibility index (Phi) is 3.05. The zero-order chi connectivity index (χ0) is 11.5. The van der Waals surface area contributed by atoms with E-state index in [4.69, 9.17) is 0 Å². The molecular weight excluding hydrogens is 272 g/mol. The number of nitrogens with zero attached hydrogens (tertiary/aromatic N) is 1. The second-order valence-corrected chi connectivity index (χ2v) is 4.18. The Morgan fingerprint density at radius 2 is 2.25 bits per heavy atom. The molecule has 0 aliphatic carbocycles. The van der Waals surface area contributed by atoms with Crippen LogP contribution in [-0.4, -0.2) is 11.1 Å². The van der Waals surface area contributed by atoms with E-state index in [-0.39, 0.29) is 11.6 Å². The van der Waals surface area contributed by atoms with Gasteiger partial charge in [0.2, 0.25) is 0 Å². The molecule has 0 aliphatic rings. The van der Waals surface area contributed by atoms with Gasteiger partial charge in [0, 0.05) is 10.5 Å². The molecule has 4 nitrogen and oxygen atoms in total. The fourth-order valence-electron chi connectivity index (χ4n) is 1.25. The van der Waals surface area contributed by atoms with Gasteiger partial charge in [-0.15, -0.1) is 0 Å². The number of benzene rings is 1. The number of halogens is 1. The van der Waals surface area contributed by atoms with Crippen molar-refractivity contribution in [1.82, 2.24) is 5.16 Å². The third-order valence-electron chi connectivity index (χ3n) is 2.04. The van der Waals surface area contributed by atoms with E-state index in [1.54, 1.807) is 0 Å². The standard InChI is InChI=1S/C11H9BrN2O2/c1-7-2-3-8(12)10(6-7)13-11(15)9-4-5-16-14-9/h2-6H,1H3,(H,13,15). The number of amides is 1. The molecule has 0 aliphatic heterocycles. The average Bonchev–Trinajstić information content (AvgIpc) is 2.76. The van der Waals surface area contributed by atoms with Crippen LogP contribution < -0.4 is 5.32 Å². The Morgan fingerprint density at radius 1 is 1.44 bits per heavy atom. The van der Waals surface area contributed by atoms with Crippen LogP contribution in [0, 0.1) is 6.92 Å². The predicted octanol–water partition coefficient (Wildman–Crippen LogP) is 3.00. The molecule has 1 N–H and O–H groups in total. The number of carbonyl (C=O) groups excluding carboxylic acids is 1. The number of rotatable bonds is 2. The lowest BCUT2D eigenvalue weighted by Crippen LogP contribution is -2.12. The van der Waals surface area contributed by atoms with E-state index in [1.807, 2.05) is 25.1 Å². The number of aryl methyl sites for hydroxylation is 1. The van der Waals surface area contributed by atoms with E-state index in [1.165, 1.54) is 12.3 Å². The van der Waals surface area contributed by atoms with E-state index in [9.17, 15) is 4.79 Å². The van der Waals surface area contributed by atoms with Crippen LogP contribution in [0.1, 0.15) is 16.1 Å². The third kappa shape index (κ3) is 2.30. The molecule has 1 aromatic heterocycles. The Bertz CT molecular complexity index is 509. The molecule has 1 aromatic carbocycles. The molecule has 1 amide bonds. The van der Waals surface area contributed by atoms with Crippen molar-refractivity contribution in [2.75, 3.05) is 5.32 Å². The minimum atomic E-state index is -0.292. The first-order valence-corrected chi connectivity index (χ1v) is 5.44. The molecule has 2 aromatic rings. The fraction of sp³-hybridized carbons (Fsp3) is 0.0909. The van der Waals surface area contributed by atoms with Crippen LogP contribution in [0.15, 0.2) is 39.5 Å². The van der Waals surface area contributed by atoms with Crippen LogP contribution in [0.3, 0.4) is 0 Å². The van der Waals surface area contributed by atoms with Gasteiger partial charge in [0.15, 0.2) is 5.69 Å². The second-order valence-electron chi connectivity index (χ2n) is 3.32. The summed E-state index contributed by atoms with van der Waals surface area (Å²) < 4.78 is 5.43. The molecule has 0 atom stereocenters. The van der Waals surface area contributed by atoms with Crippen LogP contribution in [-0.2, 0) is 0 Å². The third-order valence-corrected chi connectivity index (χ3v) is 2.73. The van der Waals surface area contributed by atoms with Gasteiger partial charge in [-0.05, 0) is 40.5 Å². The van der Waals surface area contributed by atoms with Gasteiger partial charge < -0.3 is 9.84 Å². The van der Waals surface area contributed by atoms with Gasteiger partial charge in [0.1, 0.15) is 6.26 Å². The molecule has 0 saturated carbocycles. The minimum Gasteiger partial charge on any atom is -0.364 e. The summed E-state index contributed by atoms with van der Waals surface area (Å²) >= 11 is 3.36. The molecule has 16 heavy (non-hydrogen) atoms. The van der Waals surface area contributed by atoms with Crippen LogP contribution in [0.25, 0.3) is 0 Å². The number of anilines is 1. The summed E-state index contributed by atoms with van der Waals surface area (Å²) in [5.74, 6) is -0.292. The molecule has 0 spiro atoms. The number of carbonyl (C=O) groups is 1. The highest BCUT2D eigenvalue weighted by Gasteiger charge is 2.10. The summed E-state index contributed by atoms with van der Waals surface area (Å²) in [5, 5.41) is 6.31. The number of hydrogen-bond acceptors (Lipinski definition) is 3. The molecule has 5 heteroatoms. The Hall–Kier alpha value is -1.62. The Morgan fingerprint density at radius 3 is 2.94 bits per heavy atom. The van der Waals surface area contributed by atoms with Crippen LogP contribution >= 0.6 is 15.9 Å². The molecule has 0 unspecified atom stereocenters.